The van der Waals surface area contributed by atoms with E-state index in [1.165, 1.54) is 20.3 Å². The monoisotopic (exact) mass is 430 g/mol. The first-order chi connectivity index (χ1) is 14.3. The van der Waals surface area contributed by atoms with Gasteiger partial charge >= 0.3 is 0 Å². The lowest BCUT2D eigenvalue weighted by Crippen LogP contribution is -2.18. The van der Waals surface area contributed by atoms with Gasteiger partial charge in [0.05, 0.1) is 31.3 Å². The first-order valence-corrected chi connectivity index (χ1v) is 10.9. The smallest absolute Gasteiger partial charge is 0.255 e. The molecule has 1 unspecified atom stereocenters. The zero-order valence-electron chi connectivity index (χ0n) is 16.5. The molecule has 0 saturated heterocycles. The van der Waals surface area contributed by atoms with E-state index in [1.54, 1.807) is 36.4 Å². The zero-order chi connectivity index (χ0) is 21.7. The largest absolute Gasteiger partial charge is 0.494 e. The number of methoxy groups -OCH3 is 2. The molecule has 1 heterocycles. The zero-order valence-corrected chi connectivity index (χ0v) is 17.4. The Bertz CT molecular complexity index is 1080. The maximum atomic E-state index is 12.5. The van der Waals surface area contributed by atoms with Crippen molar-refractivity contribution < 1.29 is 27.5 Å². The van der Waals surface area contributed by atoms with Crippen LogP contribution >= 0.6 is 0 Å². The number of anilines is 2. The molecule has 2 amide bonds. The summed E-state index contributed by atoms with van der Waals surface area (Å²) in [7, 11) is -0.342. The van der Waals surface area contributed by atoms with Gasteiger partial charge in [0, 0.05) is 35.4 Å². The number of carbonyl (C=O) groups excluding carboxylic acids is 2. The third-order valence-corrected chi connectivity index (χ3v) is 6.00. The summed E-state index contributed by atoms with van der Waals surface area (Å²) in [5, 5.41) is 6.62. The molecule has 3 rings (SSSR count). The van der Waals surface area contributed by atoms with Crippen LogP contribution in [0.2, 0.25) is 0 Å². The summed E-state index contributed by atoms with van der Waals surface area (Å²) in [6.07, 6.45) is 1.54. The minimum absolute atomic E-state index is 0.0215. The molecule has 8 nitrogen and oxygen atoms in total. The second-order valence-electron chi connectivity index (χ2n) is 6.74. The molecule has 0 fully saturated rings. The number of amides is 2. The first-order valence-electron chi connectivity index (χ1n) is 9.14. The summed E-state index contributed by atoms with van der Waals surface area (Å²) < 4.78 is 33.7. The molecule has 9 heteroatoms. The topological polar surface area (TPSA) is 111 Å². The van der Waals surface area contributed by atoms with Crippen molar-refractivity contribution in [2.45, 2.75) is 6.42 Å². The summed E-state index contributed by atoms with van der Waals surface area (Å²) in [6, 6.07) is 11.8. The van der Waals surface area contributed by atoms with Gasteiger partial charge in [-0.3, -0.25) is 9.59 Å². The fraction of sp³-hybridized carbons (Fsp3) is 0.238. The van der Waals surface area contributed by atoms with Crippen molar-refractivity contribution in [2.24, 2.45) is 5.92 Å². The molecule has 0 radical (unpaired) electrons. The molecule has 0 spiro atoms. The van der Waals surface area contributed by atoms with Crippen LogP contribution < -0.4 is 20.1 Å². The van der Waals surface area contributed by atoms with E-state index in [-0.39, 0.29) is 29.9 Å². The number of rotatable bonds is 7. The quantitative estimate of drug-likeness (QED) is 0.699. The third kappa shape index (κ3) is 5.18. The first kappa shape index (κ1) is 21.4. The van der Waals surface area contributed by atoms with Gasteiger partial charge in [-0.05, 0) is 12.1 Å². The Balaban J connectivity index is 1.76. The molecule has 0 saturated carbocycles. The van der Waals surface area contributed by atoms with Crippen LogP contribution in [-0.4, -0.2) is 40.2 Å². The molecule has 1 aliphatic heterocycles. The van der Waals surface area contributed by atoms with Gasteiger partial charge < -0.3 is 20.1 Å². The standard InChI is InChI=1S/C21H22N2O6S/c1-28-18-12-17(23-21(25)15-6-4-3-5-7-15)19(29-2)11-16(18)22-20(24)10-14-8-9-30(26,27)13-14/h3-9,11-12,14H,10,13H2,1-2H3,(H,22,24)(H,23,25). The lowest BCUT2D eigenvalue weighted by Gasteiger charge is -2.16. The highest BCUT2D eigenvalue weighted by molar-refractivity contribution is 7.94. The molecule has 0 aromatic heterocycles. The number of allylic oxidation sites excluding steroid dienone is 1. The number of carbonyl (C=O) groups is 2. The maximum absolute atomic E-state index is 12.5. The predicted molar refractivity (Wildman–Crippen MR) is 114 cm³/mol. The molecule has 2 aromatic carbocycles. The highest BCUT2D eigenvalue weighted by Gasteiger charge is 2.24. The Morgan fingerprint density at radius 3 is 2.13 bits per heavy atom. The predicted octanol–water partition coefficient (Wildman–Crippen LogP) is 2.84. The second-order valence-corrected chi connectivity index (χ2v) is 8.67. The molecule has 2 N–H and O–H groups in total. The molecule has 1 aliphatic rings. The van der Waals surface area contributed by atoms with E-state index < -0.39 is 9.84 Å². The van der Waals surface area contributed by atoms with Crippen LogP contribution in [0.3, 0.4) is 0 Å². The molecule has 0 aliphatic carbocycles. The minimum atomic E-state index is -3.22. The number of nitrogens with one attached hydrogen (secondary N) is 2. The van der Waals surface area contributed by atoms with E-state index >= 15 is 0 Å². The van der Waals surface area contributed by atoms with Gasteiger partial charge in [-0.2, -0.15) is 0 Å². The highest BCUT2D eigenvalue weighted by atomic mass is 32.2. The van der Waals surface area contributed by atoms with Crippen LogP contribution in [-0.2, 0) is 14.6 Å². The number of hydrogen-bond acceptors (Lipinski definition) is 6. The third-order valence-electron chi connectivity index (χ3n) is 4.53. The number of benzene rings is 2. The van der Waals surface area contributed by atoms with Gasteiger partial charge in [0.25, 0.3) is 5.91 Å². The van der Waals surface area contributed by atoms with Crippen molar-refractivity contribution >= 4 is 33.0 Å². The highest BCUT2D eigenvalue weighted by Crippen LogP contribution is 2.37. The van der Waals surface area contributed by atoms with Crippen molar-refractivity contribution in [3.8, 4) is 11.5 Å². The lowest BCUT2D eigenvalue weighted by atomic mass is 10.1. The van der Waals surface area contributed by atoms with Gasteiger partial charge in [-0.15, -0.1) is 0 Å². The summed E-state index contributed by atoms with van der Waals surface area (Å²) in [5.74, 6) is -0.469. The molecule has 30 heavy (non-hydrogen) atoms. The van der Waals surface area contributed by atoms with Gasteiger partial charge in [0.1, 0.15) is 11.5 Å². The van der Waals surface area contributed by atoms with Crippen LogP contribution in [0.25, 0.3) is 0 Å². The molecule has 158 valence electrons. The van der Waals surface area contributed by atoms with Crippen LogP contribution in [0.4, 0.5) is 11.4 Å². The number of ether oxygens (including phenoxy) is 2. The van der Waals surface area contributed by atoms with E-state index in [2.05, 4.69) is 10.6 Å². The Morgan fingerprint density at radius 2 is 1.60 bits per heavy atom. The van der Waals surface area contributed by atoms with E-state index in [4.69, 9.17) is 9.47 Å². The SMILES string of the molecule is COc1cc(NC(=O)c2ccccc2)c(OC)cc1NC(=O)CC1C=CS(=O)(=O)C1. The lowest BCUT2D eigenvalue weighted by molar-refractivity contribution is -0.116. The van der Waals surface area contributed by atoms with Crippen LogP contribution in [0, 0.1) is 5.92 Å². The van der Waals surface area contributed by atoms with E-state index in [1.807, 2.05) is 6.07 Å². The summed E-state index contributed by atoms with van der Waals surface area (Å²) in [6.45, 7) is 0. The fourth-order valence-corrected chi connectivity index (χ4v) is 4.48. The maximum Gasteiger partial charge on any atom is 0.255 e. The van der Waals surface area contributed by atoms with Crippen LogP contribution in [0.15, 0.2) is 53.9 Å². The van der Waals surface area contributed by atoms with Crippen molar-refractivity contribution in [3.05, 3.63) is 59.5 Å². The van der Waals surface area contributed by atoms with E-state index in [0.29, 0.717) is 28.4 Å². The number of sulfone groups is 1. The summed E-state index contributed by atoms with van der Waals surface area (Å²) >= 11 is 0. The van der Waals surface area contributed by atoms with Gasteiger partial charge in [-0.1, -0.05) is 24.3 Å². The van der Waals surface area contributed by atoms with Crippen LogP contribution in [0.5, 0.6) is 11.5 Å². The molecule has 1 atom stereocenters. The molecular formula is C21H22N2O6S. The Kier molecular flexibility index (Phi) is 6.41. The average molecular weight is 430 g/mol. The Hall–Kier alpha value is -3.33. The summed E-state index contributed by atoms with van der Waals surface area (Å²) in [4.78, 5) is 24.8. The van der Waals surface area contributed by atoms with Gasteiger partial charge in [-0.25, -0.2) is 8.42 Å². The Morgan fingerprint density at radius 1 is 1.00 bits per heavy atom. The normalized spacial score (nSPS) is 16.7. The summed E-state index contributed by atoms with van der Waals surface area (Å²) in [5.41, 5.74) is 1.21. The molecule has 0 bridgehead atoms. The van der Waals surface area contributed by atoms with Gasteiger partial charge in [0.2, 0.25) is 5.91 Å². The minimum Gasteiger partial charge on any atom is -0.494 e. The van der Waals surface area contributed by atoms with Gasteiger partial charge in [0.15, 0.2) is 9.84 Å². The number of hydrogen-bond donors (Lipinski definition) is 2. The van der Waals surface area contributed by atoms with Crippen LogP contribution in [0.1, 0.15) is 16.8 Å². The Labute approximate surface area is 174 Å². The second kappa shape index (κ2) is 9.00. The van der Waals surface area contributed by atoms with E-state index in [0.717, 1.165) is 5.41 Å². The molecular weight excluding hydrogens is 408 g/mol. The van der Waals surface area contributed by atoms with E-state index in [9.17, 15) is 18.0 Å². The van der Waals surface area contributed by atoms with Crippen molar-refractivity contribution in [2.75, 3.05) is 30.6 Å². The molecule has 2 aromatic rings. The van der Waals surface area contributed by atoms with Crippen molar-refractivity contribution in [1.82, 2.24) is 0 Å². The van der Waals surface area contributed by atoms with Crippen molar-refractivity contribution in [1.29, 1.82) is 0 Å². The average Bonchev–Trinajstić information content (AvgIpc) is 3.07. The van der Waals surface area contributed by atoms with Crippen molar-refractivity contribution in [3.63, 3.8) is 0 Å². The fourth-order valence-electron chi connectivity index (χ4n) is 3.08.